The van der Waals surface area contributed by atoms with Gasteiger partial charge >= 0.3 is 6.09 Å². The van der Waals surface area contributed by atoms with Crippen LogP contribution in [0.2, 0.25) is 18.1 Å². The molecule has 0 N–H and O–H groups in total. The summed E-state index contributed by atoms with van der Waals surface area (Å²) in [4.78, 5) is 19.8. The third-order valence-electron chi connectivity index (χ3n) is 10.4. The van der Waals surface area contributed by atoms with Crippen LogP contribution in [0, 0.1) is 0 Å². The van der Waals surface area contributed by atoms with Crippen molar-refractivity contribution in [1.82, 2.24) is 14.1 Å². The maximum atomic E-state index is 13.7. The zero-order valence-corrected chi connectivity index (χ0v) is 33.8. The highest BCUT2D eigenvalue weighted by Gasteiger charge is 2.43. The standard InChI is InChI=1S/C37H52N4O7S2Si/c1-36(2,3)47-35(42)39-16-14-38(15-17-39)29-11-9-10-26(20-29)33(48-51(7,8)37(4,5)6)34(49)40-22-27-24-41(25-28(27)23-40)50(43,44)30-12-13-31-32(21-30)46-19-18-45-31/h9-13,20-21,33H,14-19,22-25H2,1-8H3. The van der Waals surface area contributed by atoms with E-state index in [1.54, 1.807) is 27.4 Å². The van der Waals surface area contributed by atoms with Gasteiger partial charge in [-0.25, -0.2) is 13.2 Å². The fourth-order valence-corrected chi connectivity index (χ4v) is 9.50. The Hall–Kier alpha value is -3.17. The maximum absolute atomic E-state index is 13.7. The second-order valence-electron chi connectivity index (χ2n) is 16.3. The van der Waals surface area contributed by atoms with E-state index < -0.39 is 30.0 Å². The number of rotatable bonds is 7. The van der Waals surface area contributed by atoms with Crippen LogP contribution in [-0.4, -0.2) is 113 Å². The van der Waals surface area contributed by atoms with Crippen molar-refractivity contribution in [1.29, 1.82) is 0 Å². The molecule has 4 heterocycles. The summed E-state index contributed by atoms with van der Waals surface area (Å²) in [7, 11) is -6.01. The van der Waals surface area contributed by atoms with E-state index in [0.717, 1.165) is 22.4 Å². The highest BCUT2D eigenvalue weighted by atomic mass is 32.2. The van der Waals surface area contributed by atoms with Gasteiger partial charge < -0.3 is 33.3 Å². The molecule has 0 spiro atoms. The molecule has 2 aromatic rings. The molecule has 1 fully saturated rings. The molecule has 6 rings (SSSR count). The Kier molecular flexibility index (Phi) is 10.3. The first-order valence-corrected chi connectivity index (χ1v) is 22.5. The molecule has 1 amide bonds. The summed E-state index contributed by atoms with van der Waals surface area (Å²) in [5, 5.41) is -0.0375. The van der Waals surface area contributed by atoms with Gasteiger partial charge in [0.05, 0.1) is 4.90 Å². The molecule has 2 aromatic carbocycles. The second-order valence-corrected chi connectivity index (χ2v) is 23.4. The molecule has 4 aliphatic rings. The Morgan fingerprint density at radius 3 is 2.08 bits per heavy atom. The summed E-state index contributed by atoms with van der Waals surface area (Å²) in [5.74, 6) is 1.02. The molecule has 1 atom stereocenters. The summed E-state index contributed by atoms with van der Waals surface area (Å²) in [5.41, 5.74) is 3.69. The quantitative estimate of drug-likeness (QED) is 0.184. The SMILES string of the molecule is CC(C)(C)OC(=O)N1CCN(c2cccc(C(O[Si](C)(C)C(C)(C)C)C(=S)N3CC4=C(C3)CN(S(=O)(=O)c3ccc5c(c3)OCCO5)C4)c2)CC1. The van der Waals surface area contributed by atoms with Crippen LogP contribution in [0.25, 0.3) is 0 Å². The summed E-state index contributed by atoms with van der Waals surface area (Å²) < 4.78 is 52.9. The number of amides is 1. The molecule has 0 radical (unpaired) electrons. The van der Waals surface area contributed by atoms with Crippen molar-refractivity contribution in [3.05, 3.63) is 59.2 Å². The van der Waals surface area contributed by atoms with Crippen LogP contribution >= 0.6 is 12.2 Å². The molecule has 278 valence electrons. The summed E-state index contributed by atoms with van der Waals surface area (Å²) in [6.45, 7) is 21.9. The maximum Gasteiger partial charge on any atom is 0.410 e. The third-order valence-corrected chi connectivity index (χ3v) is 17.1. The number of carbonyl (C=O) groups excluding carboxylic acids is 1. The molecule has 4 aliphatic heterocycles. The summed E-state index contributed by atoms with van der Waals surface area (Å²) >= 11 is 6.28. The fraction of sp³-hybridized carbons (Fsp3) is 0.568. The lowest BCUT2D eigenvalue weighted by Crippen LogP contribution is -2.50. The van der Waals surface area contributed by atoms with Gasteiger partial charge in [-0.2, -0.15) is 4.31 Å². The van der Waals surface area contributed by atoms with Crippen molar-refractivity contribution >= 4 is 47.3 Å². The lowest BCUT2D eigenvalue weighted by molar-refractivity contribution is 0.0240. The van der Waals surface area contributed by atoms with E-state index in [1.807, 2.05) is 20.8 Å². The van der Waals surface area contributed by atoms with Crippen LogP contribution in [0.5, 0.6) is 11.5 Å². The van der Waals surface area contributed by atoms with Crippen molar-refractivity contribution in [2.24, 2.45) is 0 Å². The van der Waals surface area contributed by atoms with Gasteiger partial charge in [-0.05, 0) is 79.9 Å². The highest BCUT2D eigenvalue weighted by molar-refractivity contribution is 7.89. The first-order valence-electron chi connectivity index (χ1n) is 17.7. The van der Waals surface area contributed by atoms with Crippen molar-refractivity contribution in [2.45, 2.75) is 76.3 Å². The lowest BCUT2D eigenvalue weighted by atomic mass is 10.1. The van der Waals surface area contributed by atoms with Gasteiger partial charge in [0.1, 0.15) is 29.9 Å². The monoisotopic (exact) mass is 756 g/mol. The smallest absolute Gasteiger partial charge is 0.410 e. The zero-order chi connectivity index (χ0) is 36.9. The lowest BCUT2D eigenvalue weighted by Gasteiger charge is -2.41. The van der Waals surface area contributed by atoms with E-state index in [-0.39, 0.29) is 16.0 Å². The highest BCUT2D eigenvalue weighted by Crippen LogP contribution is 2.42. The Balaban J connectivity index is 1.16. The van der Waals surface area contributed by atoms with E-state index in [9.17, 15) is 13.2 Å². The molecule has 0 aliphatic carbocycles. The van der Waals surface area contributed by atoms with Crippen LogP contribution in [0.4, 0.5) is 10.5 Å². The van der Waals surface area contributed by atoms with Gasteiger partial charge in [0, 0.05) is 64.1 Å². The van der Waals surface area contributed by atoms with Crippen LogP contribution in [-0.2, 0) is 19.2 Å². The van der Waals surface area contributed by atoms with Crippen LogP contribution in [0.3, 0.4) is 0 Å². The molecule has 0 saturated carbocycles. The second kappa shape index (κ2) is 14.0. The number of benzene rings is 2. The minimum Gasteiger partial charge on any atom is -0.486 e. The molecule has 1 saturated heterocycles. The summed E-state index contributed by atoms with van der Waals surface area (Å²) in [6.07, 6.45) is -0.722. The van der Waals surface area contributed by atoms with Gasteiger partial charge in [0.25, 0.3) is 0 Å². The van der Waals surface area contributed by atoms with Crippen molar-refractivity contribution in [3.63, 3.8) is 0 Å². The average molecular weight is 757 g/mol. The van der Waals surface area contributed by atoms with E-state index in [2.05, 4.69) is 67.9 Å². The summed E-state index contributed by atoms with van der Waals surface area (Å²) in [6, 6.07) is 13.2. The van der Waals surface area contributed by atoms with Crippen LogP contribution in [0.1, 0.15) is 53.2 Å². The van der Waals surface area contributed by atoms with E-state index in [4.69, 9.17) is 30.9 Å². The molecule has 14 heteroatoms. The Morgan fingerprint density at radius 2 is 1.47 bits per heavy atom. The molecule has 11 nitrogen and oxygen atoms in total. The number of fused-ring (bicyclic) bond motifs is 1. The van der Waals surface area contributed by atoms with Crippen molar-refractivity contribution in [3.8, 4) is 11.5 Å². The van der Waals surface area contributed by atoms with Gasteiger partial charge in [0.15, 0.2) is 19.8 Å². The first-order chi connectivity index (χ1) is 23.8. The first kappa shape index (κ1) is 37.6. The molecule has 51 heavy (non-hydrogen) atoms. The van der Waals surface area contributed by atoms with E-state index in [1.165, 1.54) is 0 Å². The molecular formula is C37H52N4O7S2Si. The number of nitrogens with zero attached hydrogens (tertiary/aromatic N) is 4. The number of sulfonamides is 1. The van der Waals surface area contributed by atoms with Crippen LogP contribution in [0.15, 0.2) is 58.5 Å². The van der Waals surface area contributed by atoms with Crippen molar-refractivity contribution in [2.75, 3.05) is 70.5 Å². The fourth-order valence-electron chi connectivity index (χ4n) is 6.46. The molecule has 0 aromatic heterocycles. The molecular weight excluding hydrogens is 705 g/mol. The number of hydrogen-bond donors (Lipinski definition) is 0. The predicted octanol–water partition coefficient (Wildman–Crippen LogP) is 6.22. The molecule has 1 unspecified atom stereocenters. The number of piperazine rings is 1. The van der Waals surface area contributed by atoms with Crippen molar-refractivity contribution < 1.29 is 31.8 Å². The number of thiocarbonyl (C=S) groups is 1. The number of hydrogen-bond acceptors (Lipinski definition) is 9. The van der Waals surface area contributed by atoms with Gasteiger partial charge in [0.2, 0.25) is 10.0 Å². The number of ether oxygens (including phenoxy) is 3. The van der Waals surface area contributed by atoms with Gasteiger partial charge in [-0.15, -0.1) is 0 Å². The minimum absolute atomic E-state index is 0.0375. The predicted molar refractivity (Wildman–Crippen MR) is 205 cm³/mol. The largest absolute Gasteiger partial charge is 0.486 e. The topological polar surface area (TPSA) is 101 Å². The molecule has 0 bridgehead atoms. The Morgan fingerprint density at radius 1 is 0.843 bits per heavy atom. The Bertz CT molecular complexity index is 1790. The van der Waals surface area contributed by atoms with E-state index in [0.29, 0.717) is 82.1 Å². The normalized spacial score (nSPS) is 19.3. The number of carbonyl (C=O) groups is 1. The van der Waals surface area contributed by atoms with Gasteiger partial charge in [-0.1, -0.05) is 45.1 Å². The average Bonchev–Trinajstić information content (AvgIpc) is 3.66. The minimum atomic E-state index is -3.73. The Labute approximate surface area is 309 Å². The van der Waals surface area contributed by atoms with Gasteiger partial charge in [-0.3, -0.25) is 0 Å². The van der Waals surface area contributed by atoms with E-state index >= 15 is 0 Å². The number of anilines is 1. The van der Waals surface area contributed by atoms with Crippen LogP contribution < -0.4 is 14.4 Å². The third kappa shape index (κ3) is 8.09. The zero-order valence-electron chi connectivity index (χ0n) is 31.2.